The topological polar surface area (TPSA) is 88.1 Å². The van der Waals surface area contributed by atoms with Gasteiger partial charge in [0.2, 0.25) is 0 Å². The lowest BCUT2D eigenvalue weighted by Gasteiger charge is -1.98. The van der Waals surface area contributed by atoms with Crippen LogP contribution in [0.25, 0.3) is 44.5 Å². The van der Waals surface area contributed by atoms with E-state index in [2.05, 4.69) is 42.4 Å². The summed E-state index contributed by atoms with van der Waals surface area (Å²) in [6, 6.07) is 6.15. The molecule has 0 unspecified atom stereocenters. The second-order valence-electron chi connectivity index (χ2n) is 5.74. The van der Waals surface area contributed by atoms with Gasteiger partial charge < -0.3 is 4.98 Å². The number of nitrogens with zero attached hydrogens (tertiary/aromatic N) is 5. The Morgan fingerprint density at radius 2 is 2.04 bits per heavy atom. The largest absolute Gasteiger partial charge is 0.352 e. The van der Waals surface area contributed by atoms with E-state index in [-0.39, 0.29) is 0 Å². The number of H-pyrrole nitrogens is 2. The molecule has 0 fully saturated rings. The molecule has 0 atom stereocenters. The minimum atomic E-state index is 0.689. The SMILES string of the molecule is Cn1cc(-c2cnc3n[nH]c(-c4cc5ccncc5[nH]4)c3c2)cn1. The third-order valence-corrected chi connectivity index (χ3v) is 4.14. The summed E-state index contributed by atoms with van der Waals surface area (Å²) in [7, 11) is 1.90. The fraction of sp³-hybridized carbons (Fsp3) is 0.0588. The summed E-state index contributed by atoms with van der Waals surface area (Å²) in [4.78, 5) is 12.0. The van der Waals surface area contributed by atoms with Gasteiger partial charge >= 0.3 is 0 Å². The summed E-state index contributed by atoms with van der Waals surface area (Å²) >= 11 is 0. The van der Waals surface area contributed by atoms with Crippen LogP contribution in [0.5, 0.6) is 0 Å². The van der Waals surface area contributed by atoms with Crippen LogP contribution in [-0.2, 0) is 7.05 Å². The van der Waals surface area contributed by atoms with Crippen molar-refractivity contribution < 1.29 is 0 Å². The first-order chi connectivity index (χ1) is 11.8. The standard InChI is InChI=1S/C17H13N7/c1-24-9-12(7-20-24)11-4-13-16(22-23-17(13)19-6-11)14-5-10-2-3-18-8-15(10)21-14/h2-9,21H,1H3,(H,19,22,23). The number of rotatable bonds is 2. The smallest absolute Gasteiger partial charge is 0.181 e. The fourth-order valence-electron chi connectivity index (χ4n) is 2.94. The van der Waals surface area contributed by atoms with Gasteiger partial charge in [0.25, 0.3) is 0 Å². The lowest BCUT2D eigenvalue weighted by molar-refractivity contribution is 0.768. The van der Waals surface area contributed by atoms with Gasteiger partial charge in [0, 0.05) is 47.5 Å². The highest BCUT2D eigenvalue weighted by atomic mass is 15.2. The maximum atomic E-state index is 4.46. The van der Waals surface area contributed by atoms with Crippen molar-refractivity contribution >= 4 is 21.9 Å². The van der Waals surface area contributed by atoms with Crippen molar-refractivity contribution in [1.29, 1.82) is 0 Å². The first-order valence-corrected chi connectivity index (χ1v) is 7.54. The van der Waals surface area contributed by atoms with Crippen LogP contribution in [-0.4, -0.2) is 34.9 Å². The van der Waals surface area contributed by atoms with Crippen molar-refractivity contribution in [1.82, 2.24) is 34.9 Å². The quantitative estimate of drug-likeness (QED) is 0.524. The van der Waals surface area contributed by atoms with Gasteiger partial charge in [0.15, 0.2) is 5.65 Å². The Kier molecular flexibility index (Phi) is 2.58. The summed E-state index contributed by atoms with van der Waals surface area (Å²) in [6.45, 7) is 0. The van der Waals surface area contributed by atoms with E-state index in [0.717, 1.165) is 38.8 Å². The molecule has 7 heteroatoms. The van der Waals surface area contributed by atoms with E-state index in [1.54, 1.807) is 10.9 Å². The van der Waals surface area contributed by atoms with Gasteiger partial charge in [-0.3, -0.25) is 14.8 Å². The number of hydrogen-bond donors (Lipinski definition) is 2. The van der Waals surface area contributed by atoms with Crippen LogP contribution in [0, 0.1) is 0 Å². The van der Waals surface area contributed by atoms with E-state index < -0.39 is 0 Å². The van der Waals surface area contributed by atoms with Crippen LogP contribution in [0.15, 0.2) is 49.2 Å². The number of nitrogens with one attached hydrogen (secondary N) is 2. The van der Waals surface area contributed by atoms with Crippen molar-refractivity contribution in [2.24, 2.45) is 7.05 Å². The summed E-state index contributed by atoms with van der Waals surface area (Å²) in [5.74, 6) is 0. The van der Waals surface area contributed by atoms with Crippen LogP contribution < -0.4 is 0 Å². The van der Waals surface area contributed by atoms with E-state index in [1.165, 1.54) is 0 Å². The molecule has 0 saturated carbocycles. The normalized spacial score (nSPS) is 11.5. The predicted octanol–water partition coefficient (Wildman–Crippen LogP) is 2.90. The van der Waals surface area contributed by atoms with Crippen molar-refractivity contribution in [3.63, 3.8) is 0 Å². The highest BCUT2D eigenvalue weighted by Gasteiger charge is 2.13. The van der Waals surface area contributed by atoms with Crippen molar-refractivity contribution in [3.8, 4) is 22.5 Å². The molecule has 7 nitrogen and oxygen atoms in total. The number of aryl methyl sites for hydroxylation is 1. The van der Waals surface area contributed by atoms with Gasteiger partial charge in [-0.2, -0.15) is 10.2 Å². The van der Waals surface area contributed by atoms with Crippen LogP contribution in [0.3, 0.4) is 0 Å². The Morgan fingerprint density at radius 1 is 1.08 bits per heavy atom. The molecule has 116 valence electrons. The Hall–Kier alpha value is -3.48. The zero-order valence-electron chi connectivity index (χ0n) is 12.9. The minimum absolute atomic E-state index is 0.689. The summed E-state index contributed by atoms with van der Waals surface area (Å²) in [5.41, 5.74) is 5.60. The molecule has 5 heterocycles. The number of hydrogen-bond acceptors (Lipinski definition) is 4. The van der Waals surface area contributed by atoms with Gasteiger partial charge in [0.05, 0.1) is 29.3 Å². The molecule has 0 aliphatic heterocycles. The first kappa shape index (κ1) is 13.0. The van der Waals surface area contributed by atoms with E-state index in [9.17, 15) is 0 Å². The number of aromatic nitrogens is 7. The molecule has 5 aromatic rings. The van der Waals surface area contributed by atoms with Gasteiger partial charge in [-0.05, 0) is 18.2 Å². The monoisotopic (exact) mass is 315 g/mol. The van der Waals surface area contributed by atoms with E-state index in [0.29, 0.717) is 5.65 Å². The number of pyridine rings is 2. The fourth-order valence-corrected chi connectivity index (χ4v) is 2.94. The average molecular weight is 315 g/mol. The molecule has 0 aromatic carbocycles. The maximum Gasteiger partial charge on any atom is 0.181 e. The Labute approximate surface area is 136 Å². The molecule has 24 heavy (non-hydrogen) atoms. The third kappa shape index (κ3) is 1.91. The van der Waals surface area contributed by atoms with E-state index >= 15 is 0 Å². The van der Waals surface area contributed by atoms with Crippen LogP contribution >= 0.6 is 0 Å². The Balaban J connectivity index is 1.70. The molecule has 0 aliphatic carbocycles. The van der Waals surface area contributed by atoms with Crippen molar-refractivity contribution in [2.75, 3.05) is 0 Å². The average Bonchev–Trinajstić information content (AvgIpc) is 3.30. The molecule has 0 bridgehead atoms. The molecule has 2 N–H and O–H groups in total. The molecule has 0 spiro atoms. The van der Waals surface area contributed by atoms with Gasteiger partial charge in [-0.1, -0.05) is 0 Å². The van der Waals surface area contributed by atoms with Gasteiger partial charge in [-0.25, -0.2) is 4.98 Å². The van der Waals surface area contributed by atoms with Crippen molar-refractivity contribution in [3.05, 3.63) is 49.2 Å². The zero-order valence-corrected chi connectivity index (χ0v) is 12.9. The second kappa shape index (κ2) is 4.76. The first-order valence-electron chi connectivity index (χ1n) is 7.54. The molecule has 0 radical (unpaired) electrons. The van der Waals surface area contributed by atoms with Crippen molar-refractivity contribution in [2.45, 2.75) is 0 Å². The van der Waals surface area contributed by atoms with Crippen LogP contribution in [0.4, 0.5) is 0 Å². The summed E-state index contributed by atoms with van der Waals surface area (Å²) < 4.78 is 1.78. The number of fused-ring (bicyclic) bond motifs is 2. The van der Waals surface area contributed by atoms with Gasteiger partial charge in [-0.15, -0.1) is 0 Å². The van der Waals surface area contributed by atoms with E-state index in [4.69, 9.17) is 0 Å². The zero-order chi connectivity index (χ0) is 16.1. The lowest BCUT2D eigenvalue weighted by Crippen LogP contribution is -1.84. The molecular weight excluding hydrogens is 302 g/mol. The predicted molar refractivity (Wildman–Crippen MR) is 91.2 cm³/mol. The minimum Gasteiger partial charge on any atom is -0.352 e. The van der Waals surface area contributed by atoms with Gasteiger partial charge in [0.1, 0.15) is 0 Å². The molecule has 5 rings (SSSR count). The highest BCUT2D eigenvalue weighted by molar-refractivity contribution is 5.95. The molecule has 5 aromatic heterocycles. The molecular formula is C17H13N7. The summed E-state index contributed by atoms with van der Waals surface area (Å²) in [5, 5.41) is 13.7. The van der Waals surface area contributed by atoms with E-state index in [1.807, 2.05) is 37.9 Å². The molecule has 0 aliphatic rings. The molecule has 0 saturated heterocycles. The van der Waals surface area contributed by atoms with Crippen LogP contribution in [0.1, 0.15) is 0 Å². The second-order valence-corrected chi connectivity index (χ2v) is 5.74. The maximum absolute atomic E-state index is 4.46. The summed E-state index contributed by atoms with van der Waals surface area (Å²) in [6.07, 6.45) is 9.22. The number of aromatic amines is 2. The highest BCUT2D eigenvalue weighted by Crippen LogP contribution is 2.30. The third-order valence-electron chi connectivity index (χ3n) is 4.14. The molecule has 0 amide bonds. The van der Waals surface area contributed by atoms with Crippen LogP contribution in [0.2, 0.25) is 0 Å². The Bertz CT molecular complexity index is 1150. The Morgan fingerprint density at radius 3 is 2.88 bits per heavy atom. The lowest BCUT2D eigenvalue weighted by atomic mass is 10.1.